The molecule has 0 aliphatic heterocycles. The number of carbonyl (C=O) groups excluding carboxylic acids is 2. The second-order valence-corrected chi connectivity index (χ2v) is 8.53. The lowest BCUT2D eigenvalue weighted by Crippen LogP contribution is -2.39. The lowest BCUT2D eigenvalue weighted by Gasteiger charge is -2.25. The lowest BCUT2D eigenvalue weighted by molar-refractivity contribution is -0.0303. The van der Waals surface area contributed by atoms with Crippen LogP contribution in [-0.4, -0.2) is 45.4 Å². The summed E-state index contributed by atoms with van der Waals surface area (Å²) in [5.74, 6) is -1.28. The molecule has 0 aliphatic rings. The molecule has 7 nitrogen and oxygen atoms in total. The van der Waals surface area contributed by atoms with Crippen LogP contribution >= 0.6 is 22.6 Å². The van der Waals surface area contributed by atoms with Gasteiger partial charge >= 0.3 is 11.9 Å². The Morgan fingerprint density at radius 1 is 0.933 bits per heavy atom. The maximum Gasteiger partial charge on any atom is 0.338 e. The Hall–Kier alpha value is -2.24. The standard InChI is InChI=1S/C21H21IO7S/c1-30(25,26)29-19(15-27-20(23)16-9-4-2-5-10-16)18(13-8-14-22)28-21(24)17-11-6-3-7-12-17/h2-12,14,18-19H,13,15H2,1H3/b14-8-/t18-,19+/m0/s1. The predicted molar refractivity (Wildman–Crippen MR) is 120 cm³/mol. The molecule has 160 valence electrons. The minimum absolute atomic E-state index is 0.171. The molecule has 0 N–H and O–H groups in total. The van der Waals surface area contributed by atoms with E-state index in [1.54, 1.807) is 70.8 Å². The van der Waals surface area contributed by atoms with Crippen molar-refractivity contribution in [2.45, 2.75) is 18.6 Å². The second kappa shape index (κ2) is 11.8. The van der Waals surface area contributed by atoms with Crippen molar-refractivity contribution in [3.05, 3.63) is 81.9 Å². The topological polar surface area (TPSA) is 96.0 Å². The normalized spacial score (nSPS) is 13.5. The molecule has 2 atom stereocenters. The first-order valence-corrected chi connectivity index (χ1v) is 12.0. The van der Waals surface area contributed by atoms with Gasteiger partial charge in [-0.05, 0) is 28.3 Å². The van der Waals surface area contributed by atoms with Gasteiger partial charge < -0.3 is 9.47 Å². The van der Waals surface area contributed by atoms with Crippen LogP contribution in [0.2, 0.25) is 0 Å². The van der Waals surface area contributed by atoms with E-state index < -0.39 is 40.9 Å². The van der Waals surface area contributed by atoms with Crippen molar-refractivity contribution in [3.8, 4) is 0 Å². The van der Waals surface area contributed by atoms with E-state index in [0.29, 0.717) is 11.1 Å². The summed E-state index contributed by atoms with van der Waals surface area (Å²) in [5.41, 5.74) is 0.612. The molecule has 0 bridgehead atoms. The molecule has 0 saturated carbocycles. The van der Waals surface area contributed by atoms with Gasteiger partial charge in [-0.25, -0.2) is 9.59 Å². The Morgan fingerprint density at radius 2 is 1.47 bits per heavy atom. The minimum atomic E-state index is -3.91. The van der Waals surface area contributed by atoms with Gasteiger partial charge in [0, 0.05) is 6.42 Å². The van der Waals surface area contributed by atoms with Crippen molar-refractivity contribution in [1.82, 2.24) is 0 Å². The highest BCUT2D eigenvalue weighted by atomic mass is 127. The molecule has 2 aromatic rings. The van der Waals surface area contributed by atoms with E-state index in [2.05, 4.69) is 0 Å². The van der Waals surface area contributed by atoms with Crippen LogP contribution in [0.4, 0.5) is 0 Å². The Kier molecular flexibility index (Phi) is 9.47. The van der Waals surface area contributed by atoms with Crippen molar-refractivity contribution in [1.29, 1.82) is 0 Å². The third kappa shape index (κ3) is 8.25. The van der Waals surface area contributed by atoms with E-state index in [9.17, 15) is 18.0 Å². The van der Waals surface area contributed by atoms with Crippen LogP contribution < -0.4 is 0 Å². The number of ether oxygens (including phenoxy) is 2. The molecule has 0 fully saturated rings. The molecule has 0 spiro atoms. The molecule has 9 heteroatoms. The quantitative estimate of drug-likeness (QED) is 0.256. The van der Waals surface area contributed by atoms with Crippen LogP contribution in [0.3, 0.4) is 0 Å². The SMILES string of the molecule is CS(=O)(=O)O[C@H](COC(=O)c1ccccc1)[C@H](C/C=C\I)OC(=O)c1ccccc1. The first-order valence-electron chi connectivity index (χ1n) is 8.92. The molecule has 0 heterocycles. The first-order chi connectivity index (χ1) is 14.3. The Balaban J connectivity index is 2.19. The zero-order valence-corrected chi connectivity index (χ0v) is 19.1. The molecule has 0 amide bonds. The van der Waals surface area contributed by atoms with E-state index in [4.69, 9.17) is 13.7 Å². The maximum absolute atomic E-state index is 12.5. The molecule has 0 unspecified atom stereocenters. The van der Waals surface area contributed by atoms with Crippen molar-refractivity contribution >= 4 is 44.6 Å². The fraction of sp³-hybridized carbons (Fsp3) is 0.238. The smallest absolute Gasteiger partial charge is 0.338 e. The average Bonchev–Trinajstić information content (AvgIpc) is 2.74. The molecule has 30 heavy (non-hydrogen) atoms. The highest BCUT2D eigenvalue weighted by Crippen LogP contribution is 2.17. The van der Waals surface area contributed by atoms with Crippen molar-refractivity contribution < 1.29 is 31.7 Å². The number of hydrogen-bond donors (Lipinski definition) is 0. The summed E-state index contributed by atoms with van der Waals surface area (Å²) in [4.78, 5) is 24.7. The van der Waals surface area contributed by atoms with Gasteiger partial charge in [-0.3, -0.25) is 4.18 Å². The van der Waals surface area contributed by atoms with Gasteiger partial charge in [-0.15, -0.1) is 0 Å². The zero-order chi connectivity index (χ0) is 22.0. The number of carbonyl (C=O) groups is 2. The monoisotopic (exact) mass is 544 g/mol. The summed E-state index contributed by atoms with van der Waals surface area (Å²) in [6.45, 7) is -0.414. The minimum Gasteiger partial charge on any atom is -0.459 e. The number of esters is 2. The van der Waals surface area contributed by atoms with Gasteiger partial charge in [0.1, 0.15) is 18.8 Å². The molecule has 0 aliphatic carbocycles. The third-order valence-electron chi connectivity index (χ3n) is 3.83. The van der Waals surface area contributed by atoms with Crippen LogP contribution in [0, 0.1) is 0 Å². The van der Waals surface area contributed by atoms with Crippen molar-refractivity contribution in [2.24, 2.45) is 0 Å². The molecular weight excluding hydrogens is 523 g/mol. The summed E-state index contributed by atoms with van der Waals surface area (Å²) >= 11 is 1.99. The number of hydrogen-bond acceptors (Lipinski definition) is 7. The van der Waals surface area contributed by atoms with Gasteiger partial charge in [0.15, 0.2) is 0 Å². The molecule has 0 saturated heterocycles. The van der Waals surface area contributed by atoms with Crippen LogP contribution in [0.1, 0.15) is 27.1 Å². The highest BCUT2D eigenvalue weighted by Gasteiger charge is 2.30. The summed E-state index contributed by atoms with van der Waals surface area (Å²) in [5, 5.41) is 0. The van der Waals surface area contributed by atoms with Gasteiger partial charge in [-0.2, -0.15) is 8.42 Å². The molecule has 0 radical (unpaired) electrons. The number of halogens is 1. The summed E-state index contributed by atoms with van der Waals surface area (Å²) in [6.07, 6.45) is 0.532. The first kappa shape index (κ1) is 24.0. The van der Waals surface area contributed by atoms with Crippen molar-refractivity contribution in [3.63, 3.8) is 0 Å². The second-order valence-electron chi connectivity index (χ2n) is 6.21. The van der Waals surface area contributed by atoms with E-state index in [-0.39, 0.29) is 6.42 Å². The van der Waals surface area contributed by atoms with Gasteiger partial charge in [0.05, 0.1) is 17.4 Å². The van der Waals surface area contributed by atoms with E-state index in [1.165, 1.54) is 0 Å². The van der Waals surface area contributed by atoms with Crippen LogP contribution in [-0.2, 0) is 23.8 Å². The highest BCUT2D eigenvalue weighted by molar-refractivity contribution is 14.1. The molecule has 2 rings (SSSR count). The molecular formula is C21H21IO7S. The van der Waals surface area contributed by atoms with Crippen LogP contribution in [0.25, 0.3) is 0 Å². The zero-order valence-electron chi connectivity index (χ0n) is 16.1. The number of benzene rings is 2. The predicted octanol–water partition coefficient (Wildman–Crippen LogP) is 3.75. The molecule has 0 aromatic heterocycles. The van der Waals surface area contributed by atoms with E-state index >= 15 is 0 Å². The van der Waals surface area contributed by atoms with Gasteiger partial charge in [-0.1, -0.05) is 65.1 Å². The van der Waals surface area contributed by atoms with Crippen LogP contribution in [0.15, 0.2) is 70.8 Å². The number of rotatable bonds is 10. The third-order valence-corrected chi connectivity index (χ3v) is 4.93. The summed E-state index contributed by atoms with van der Waals surface area (Å²) in [7, 11) is -3.91. The van der Waals surface area contributed by atoms with Crippen molar-refractivity contribution in [2.75, 3.05) is 12.9 Å². The van der Waals surface area contributed by atoms with E-state index in [1.807, 2.05) is 22.6 Å². The Labute approximate surface area is 189 Å². The Morgan fingerprint density at radius 3 is 1.97 bits per heavy atom. The van der Waals surface area contributed by atoms with Gasteiger partial charge in [0.25, 0.3) is 10.1 Å². The average molecular weight is 544 g/mol. The molecule has 2 aromatic carbocycles. The summed E-state index contributed by atoms with van der Waals surface area (Å²) in [6, 6.07) is 16.5. The summed E-state index contributed by atoms with van der Waals surface area (Å²) < 4.78 is 41.1. The Bertz CT molecular complexity index is 959. The van der Waals surface area contributed by atoms with Gasteiger partial charge in [0.2, 0.25) is 0 Å². The fourth-order valence-corrected chi connectivity index (χ4v) is 3.40. The largest absolute Gasteiger partial charge is 0.459 e. The van der Waals surface area contributed by atoms with E-state index in [0.717, 1.165) is 6.26 Å². The maximum atomic E-state index is 12.5. The van der Waals surface area contributed by atoms with Crippen LogP contribution in [0.5, 0.6) is 0 Å². The fourth-order valence-electron chi connectivity index (χ4n) is 2.48. The lowest BCUT2D eigenvalue weighted by atomic mass is 10.1.